The fourth-order valence-electron chi connectivity index (χ4n) is 4.18. The fraction of sp³-hybridized carbons (Fsp3) is 0.231. The van der Waals surface area contributed by atoms with E-state index in [1.165, 1.54) is 12.1 Å². The van der Waals surface area contributed by atoms with Gasteiger partial charge in [0.1, 0.15) is 11.6 Å². The Bertz CT molecular complexity index is 1220. The lowest BCUT2D eigenvalue weighted by Crippen LogP contribution is -2.36. The molecule has 0 bridgehead atoms. The molecule has 3 heterocycles. The van der Waals surface area contributed by atoms with Gasteiger partial charge in [-0.25, -0.2) is 19.3 Å². The molecule has 4 aromatic rings. The van der Waals surface area contributed by atoms with Gasteiger partial charge in [-0.15, -0.1) is 0 Å². The Morgan fingerprint density at radius 2 is 1.67 bits per heavy atom. The molecular formula is C26H23FN4O2. The van der Waals surface area contributed by atoms with Crippen molar-refractivity contribution in [3.8, 4) is 23.0 Å². The van der Waals surface area contributed by atoms with Crippen LogP contribution in [0, 0.1) is 5.82 Å². The van der Waals surface area contributed by atoms with E-state index in [9.17, 15) is 9.18 Å². The van der Waals surface area contributed by atoms with E-state index >= 15 is 0 Å². The third-order valence-corrected chi connectivity index (χ3v) is 5.94. The van der Waals surface area contributed by atoms with Crippen LogP contribution < -0.4 is 0 Å². The van der Waals surface area contributed by atoms with Gasteiger partial charge in [0.2, 0.25) is 5.89 Å². The number of Topliss-reactive ketones (excluding diaryl/α,β-unsaturated/α-hetero) is 1. The molecule has 33 heavy (non-hydrogen) atoms. The van der Waals surface area contributed by atoms with E-state index in [4.69, 9.17) is 4.42 Å². The lowest BCUT2D eigenvalue weighted by molar-refractivity contribution is 0.0907. The van der Waals surface area contributed by atoms with E-state index in [-0.39, 0.29) is 17.5 Å². The van der Waals surface area contributed by atoms with Crippen molar-refractivity contribution >= 4 is 5.78 Å². The molecule has 0 atom stereocenters. The fourth-order valence-corrected chi connectivity index (χ4v) is 4.18. The summed E-state index contributed by atoms with van der Waals surface area (Å²) < 4.78 is 19.6. The first-order valence-electron chi connectivity index (χ1n) is 11.0. The van der Waals surface area contributed by atoms with Gasteiger partial charge in [-0.2, -0.15) is 0 Å². The topological polar surface area (TPSA) is 72.1 Å². The molecule has 0 N–H and O–H groups in total. The molecule has 7 heteroatoms. The number of carbonyl (C=O) groups excluding carboxylic acids is 1. The van der Waals surface area contributed by atoms with Crippen molar-refractivity contribution in [3.63, 3.8) is 0 Å². The molecule has 0 amide bonds. The van der Waals surface area contributed by atoms with Crippen molar-refractivity contribution in [2.75, 3.05) is 19.6 Å². The summed E-state index contributed by atoms with van der Waals surface area (Å²) in [6.07, 6.45) is 5.02. The summed E-state index contributed by atoms with van der Waals surface area (Å²) >= 11 is 0. The van der Waals surface area contributed by atoms with Gasteiger partial charge < -0.3 is 4.42 Å². The number of rotatable bonds is 6. The zero-order valence-electron chi connectivity index (χ0n) is 18.0. The van der Waals surface area contributed by atoms with Crippen molar-refractivity contribution < 1.29 is 13.6 Å². The Balaban J connectivity index is 1.35. The van der Waals surface area contributed by atoms with Gasteiger partial charge in [0.25, 0.3) is 0 Å². The number of hydrogen-bond donors (Lipinski definition) is 0. The second-order valence-corrected chi connectivity index (χ2v) is 8.15. The first kappa shape index (κ1) is 21.2. The standard InChI is InChI=1S/C26H23FN4O2/c27-21-9-7-20(8-10-21)26-30-23(25-28-13-4-14-29-25)24(33-26)19-11-15-31(16-12-19)17-22(32)18-5-2-1-3-6-18/h1-10,13-14,19H,11-12,15-17H2. The molecule has 1 saturated heterocycles. The lowest BCUT2D eigenvalue weighted by Gasteiger charge is -2.30. The monoisotopic (exact) mass is 442 g/mol. The zero-order chi connectivity index (χ0) is 22.6. The molecular weight excluding hydrogens is 419 g/mol. The van der Waals surface area contributed by atoms with Crippen molar-refractivity contribution in [1.82, 2.24) is 19.9 Å². The van der Waals surface area contributed by atoms with Gasteiger partial charge in [-0.1, -0.05) is 30.3 Å². The van der Waals surface area contributed by atoms with Crippen LogP contribution in [-0.4, -0.2) is 45.3 Å². The average molecular weight is 442 g/mol. The highest BCUT2D eigenvalue weighted by atomic mass is 19.1. The highest BCUT2D eigenvalue weighted by molar-refractivity contribution is 5.97. The van der Waals surface area contributed by atoms with Crippen LogP contribution in [0.2, 0.25) is 0 Å². The predicted octanol–water partition coefficient (Wildman–Crippen LogP) is 5.00. The first-order valence-corrected chi connectivity index (χ1v) is 11.0. The van der Waals surface area contributed by atoms with Crippen LogP contribution in [0.4, 0.5) is 4.39 Å². The number of benzene rings is 2. The van der Waals surface area contributed by atoms with Crippen molar-refractivity contribution in [1.29, 1.82) is 0 Å². The molecule has 0 aliphatic carbocycles. The maximum atomic E-state index is 13.4. The van der Waals surface area contributed by atoms with E-state index in [1.807, 2.05) is 30.3 Å². The number of oxazole rings is 1. The van der Waals surface area contributed by atoms with Gasteiger partial charge in [0.15, 0.2) is 17.3 Å². The van der Waals surface area contributed by atoms with E-state index < -0.39 is 0 Å². The molecule has 2 aromatic carbocycles. The first-order chi connectivity index (χ1) is 16.2. The number of nitrogens with zero attached hydrogens (tertiary/aromatic N) is 4. The van der Waals surface area contributed by atoms with E-state index in [0.29, 0.717) is 29.5 Å². The average Bonchev–Trinajstić information content (AvgIpc) is 3.31. The van der Waals surface area contributed by atoms with E-state index in [2.05, 4.69) is 19.9 Å². The Morgan fingerprint density at radius 3 is 2.36 bits per heavy atom. The Hall–Kier alpha value is -3.71. The number of likely N-dealkylation sites (tertiary alicyclic amines) is 1. The largest absolute Gasteiger partial charge is 0.440 e. The third-order valence-electron chi connectivity index (χ3n) is 5.94. The maximum Gasteiger partial charge on any atom is 0.227 e. The number of piperidine rings is 1. The Labute approximate surface area is 191 Å². The van der Waals surface area contributed by atoms with Crippen LogP contribution in [0.3, 0.4) is 0 Å². The summed E-state index contributed by atoms with van der Waals surface area (Å²) in [5.74, 6) is 1.63. The maximum absolute atomic E-state index is 13.4. The number of halogens is 1. The predicted molar refractivity (Wildman–Crippen MR) is 122 cm³/mol. The molecule has 6 nitrogen and oxygen atoms in total. The molecule has 0 spiro atoms. The van der Waals surface area contributed by atoms with Crippen LogP contribution in [-0.2, 0) is 0 Å². The summed E-state index contributed by atoms with van der Waals surface area (Å²) in [5.41, 5.74) is 2.06. The van der Waals surface area contributed by atoms with Gasteiger partial charge >= 0.3 is 0 Å². The minimum atomic E-state index is -0.311. The van der Waals surface area contributed by atoms with Crippen LogP contribution in [0.25, 0.3) is 23.0 Å². The Kier molecular flexibility index (Phi) is 6.04. The molecule has 1 aliphatic heterocycles. The molecule has 0 saturated carbocycles. The van der Waals surface area contributed by atoms with Crippen LogP contribution in [0.1, 0.15) is 34.9 Å². The summed E-state index contributed by atoms with van der Waals surface area (Å²) in [5, 5.41) is 0. The molecule has 1 fully saturated rings. The lowest BCUT2D eigenvalue weighted by atomic mass is 9.92. The summed E-state index contributed by atoms with van der Waals surface area (Å²) in [4.78, 5) is 28.2. The number of hydrogen-bond acceptors (Lipinski definition) is 6. The molecule has 5 rings (SSSR count). The normalized spacial score (nSPS) is 14.9. The smallest absolute Gasteiger partial charge is 0.227 e. The van der Waals surface area contributed by atoms with Crippen molar-refractivity contribution in [3.05, 3.63) is 90.2 Å². The summed E-state index contributed by atoms with van der Waals surface area (Å²) in [6, 6.07) is 17.2. The quantitative estimate of drug-likeness (QED) is 0.391. The second-order valence-electron chi connectivity index (χ2n) is 8.15. The highest BCUT2D eigenvalue weighted by Crippen LogP contribution is 2.37. The molecule has 2 aromatic heterocycles. The minimum Gasteiger partial charge on any atom is -0.440 e. The van der Waals surface area contributed by atoms with Crippen LogP contribution in [0.5, 0.6) is 0 Å². The van der Waals surface area contributed by atoms with Gasteiger partial charge in [0, 0.05) is 29.4 Å². The van der Waals surface area contributed by atoms with Crippen LogP contribution in [0.15, 0.2) is 77.5 Å². The minimum absolute atomic E-state index is 0.130. The zero-order valence-corrected chi connectivity index (χ0v) is 18.0. The summed E-state index contributed by atoms with van der Waals surface area (Å²) in [7, 11) is 0. The molecule has 1 aliphatic rings. The second kappa shape index (κ2) is 9.42. The van der Waals surface area contributed by atoms with Crippen molar-refractivity contribution in [2.24, 2.45) is 0 Å². The number of aromatic nitrogens is 3. The molecule has 0 unspecified atom stereocenters. The third kappa shape index (κ3) is 4.73. The van der Waals surface area contributed by atoms with E-state index in [1.54, 1.807) is 30.6 Å². The SMILES string of the molecule is O=C(CN1CCC(c2oc(-c3ccc(F)cc3)nc2-c2ncccn2)CC1)c1ccccc1. The van der Waals surface area contributed by atoms with Gasteiger partial charge in [-0.05, 0) is 56.3 Å². The van der Waals surface area contributed by atoms with Gasteiger partial charge in [-0.3, -0.25) is 9.69 Å². The van der Waals surface area contributed by atoms with E-state index in [0.717, 1.165) is 37.3 Å². The number of carbonyl (C=O) groups is 1. The van der Waals surface area contributed by atoms with Gasteiger partial charge in [0.05, 0.1) is 6.54 Å². The Morgan fingerprint density at radius 1 is 0.970 bits per heavy atom. The van der Waals surface area contributed by atoms with Crippen molar-refractivity contribution in [2.45, 2.75) is 18.8 Å². The molecule has 0 radical (unpaired) electrons. The molecule has 166 valence electrons. The number of ketones is 1. The summed E-state index contributed by atoms with van der Waals surface area (Å²) in [6.45, 7) is 1.97. The highest BCUT2D eigenvalue weighted by Gasteiger charge is 2.29. The van der Waals surface area contributed by atoms with Crippen LogP contribution >= 0.6 is 0 Å².